The molecule has 4 aliphatic rings. The Morgan fingerprint density at radius 3 is 1.90 bits per heavy atom. The van der Waals surface area contributed by atoms with E-state index in [0.717, 1.165) is 6.42 Å². The minimum atomic E-state index is -6.99. The highest BCUT2D eigenvalue weighted by molar-refractivity contribution is 7.88. The molecule has 0 radical (unpaired) electrons. The van der Waals surface area contributed by atoms with Crippen LogP contribution >= 0.6 is 11.6 Å². The number of ether oxygens (including phenoxy) is 1. The van der Waals surface area contributed by atoms with Crippen molar-refractivity contribution in [1.29, 1.82) is 0 Å². The maximum absolute atomic E-state index is 13.2. The zero-order chi connectivity index (χ0) is 22.0. The molecule has 4 fully saturated rings. The van der Waals surface area contributed by atoms with Crippen LogP contribution in [0, 0.1) is 29.1 Å². The quantitative estimate of drug-likeness (QED) is 0.283. The highest BCUT2D eigenvalue weighted by Crippen LogP contribution is 2.63. The minimum Gasteiger partial charge on any atom is -0.464 e. The molecule has 4 saturated carbocycles. The van der Waals surface area contributed by atoms with Gasteiger partial charge in [0.2, 0.25) is 0 Å². The number of hydrogen-bond acceptors (Lipinski definition) is 4. The Morgan fingerprint density at radius 2 is 1.52 bits per heavy atom. The van der Waals surface area contributed by atoms with Gasteiger partial charge in [0.15, 0.2) is 0 Å². The van der Waals surface area contributed by atoms with Gasteiger partial charge in [-0.15, -0.1) is 11.6 Å². The fourth-order valence-electron chi connectivity index (χ4n) is 5.89. The molecule has 0 spiro atoms. The molecule has 13 heteroatoms. The van der Waals surface area contributed by atoms with Crippen molar-refractivity contribution >= 4 is 27.7 Å². The van der Waals surface area contributed by atoms with E-state index in [1.807, 2.05) is 0 Å². The number of esters is 1. The average molecular weight is 473 g/mol. The molecule has 0 aromatic carbocycles. The summed E-state index contributed by atoms with van der Waals surface area (Å²) in [5.41, 5.74) is -0.576. The van der Waals surface area contributed by atoms with Gasteiger partial charge in [-0.2, -0.15) is 34.8 Å². The second-order valence-corrected chi connectivity index (χ2v) is 10.3. The van der Waals surface area contributed by atoms with Crippen LogP contribution in [0.25, 0.3) is 0 Å². The van der Waals surface area contributed by atoms with Crippen LogP contribution in [0.3, 0.4) is 0 Å². The largest absolute Gasteiger partial charge is 0.464 e. The summed E-state index contributed by atoms with van der Waals surface area (Å²) in [4.78, 5) is 12.0. The lowest BCUT2D eigenvalue weighted by atomic mass is 9.46. The zero-order valence-electron chi connectivity index (χ0n) is 14.9. The summed E-state index contributed by atoms with van der Waals surface area (Å²) >= 11 is 6.10. The molecule has 0 aliphatic heterocycles. The van der Waals surface area contributed by atoms with Gasteiger partial charge in [-0.3, -0.25) is 4.55 Å². The number of carbonyl (C=O) groups excluding carboxylic acids is 1. The molecular formula is C16H19ClF6O5S. The maximum atomic E-state index is 13.2. The molecule has 3 unspecified atom stereocenters. The van der Waals surface area contributed by atoms with Crippen molar-refractivity contribution < 1.29 is 48.8 Å². The SMILES string of the molecule is O=C(OCC1C2CC3CC(C2)CC1(CCl)C3)C(C(F)(F)F)(C(F)(F)F)S(=O)(=O)O. The Morgan fingerprint density at radius 1 is 1.03 bits per heavy atom. The lowest BCUT2D eigenvalue weighted by molar-refractivity contribution is -0.269. The van der Waals surface area contributed by atoms with Gasteiger partial charge in [-0.25, -0.2) is 4.79 Å². The molecule has 0 amide bonds. The van der Waals surface area contributed by atoms with E-state index in [0.29, 0.717) is 37.5 Å². The number of alkyl halides is 7. The van der Waals surface area contributed by atoms with Crippen molar-refractivity contribution in [1.82, 2.24) is 0 Å². The Hall–Kier alpha value is -0.750. The van der Waals surface area contributed by atoms with Crippen molar-refractivity contribution in [3.05, 3.63) is 0 Å². The van der Waals surface area contributed by atoms with Gasteiger partial charge in [-0.1, -0.05) is 0 Å². The summed E-state index contributed by atoms with van der Waals surface area (Å²) in [6, 6.07) is 0. The topological polar surface area (TPSA) is 80.7 Å². The van der Waals surface area contributed by atoms with Crippen molar-refractivity contribution in [3.63, 3.8) is 0 Å². The first-order valence-corrected chi connectivity index (χ1v) is 10.9. The van der Waals surface area contributed by atoms with E-state index in [9.17, 15) is 39.6 Å². The third-order valence-electron chi connectivity index (χ3n) is 6.82. The molecule has 4 bridgehead atoms. The lowest BCUT2D eigenvalue weighted by Gasteiger charge is -2.60. The van der Waals surface area contributed by atoms with E-state index in [4.69, 9.17) is 16.2 Å². The van der Waals surface area contributed by atoms with Crippen LogP contribution in [0.1, 0.15) is 32.1 Å². The first kappa shape index (κ1) is 22.9. The van der Waals surface area contributed by atoms with E-state index in [2.05, 4.69) is 4.74 Å². The fraction of sp³-hybridized carbons (Fsp3) is 0.938. The van der Waals surface area contributed by atoms with Crippen LogP contribution in [0.4, 0.5) is 26.3 Å². The molecular weight excluding hydrogens is 454 g/mol. The second-order valence-electron chi connectivity index (χ2n) is 8.46. The van der Waals surface area contributed by atoms with E-state index in [1.165, 1.54) is 0 Å². The fourth-order valence-corrected chi connectivity index (χ4v) is 7.16. The summed E-state index contributed by atoms with van der Waals surface area (Å²) in [7, 11) is -6.99. The molecule has 5 nitrogen and oxygen atoms in total. The van der Waals surface area contributed by atoms with Crippen LogP contribution < -0.4 is 0 Å². The molecule has 4 aliphatic carbocycles. The standard InChI is InChI=1S/C16H19ClF6O5S/c17-7-13-4-8-1-9(5-13)3-10(2-8)11(13)6-28-12(24)14(15(18,19)20,16(21,22)23)29(25,26)27/h8-11H,1-7H2,(H,25,26,27). The van der Waals surface area contributed by atoms with Crippen LogP contribution in [0.5, 0.6) is 0 Å². The third kappa shape index (κ3) is 3.33. The van der Waals surface area contributed by atoms with E-state index in [1.54, 1.807) is 0 Å². The monoisotopic (exact) mass is 472 g/mol. The lowest BCUT2D eigenvalue weighted by Crippen LogP contribution is -2.67. The summed E-state index contributed by atoms with van der Waals surface area (Å²) in [6.07, 6.45) is -9.68. The van der Waals surface area contributed by atoms with Crippen molar-refractivity contribution in [2.24, 2.45) is 29.1 Å². The summed E-state index contributed by atoms with van der Waals surface area (Å²) in [5, 5.41) is 0. The Kier molecular flexibility index (Phi) is 5.44. The van der Waals surface area contributed by atoms with Gasteiger partial charge in [0.1, 0.15) is 0 Å². The Balaban J connectivity index is 1.90. The molecule has 168 valence electrons. The van der Waals surface area contributed by atoms with Crippen LogP contribution in [-0.2, 0) is 19.6 Å². The van der Waals surface area contributed by atoms with Gasteiger partial charge >= 0.3 is 33.2 Å². The Labute approximate surface area is 167 Å². The first-order valence-electron chi connectivity index (χ1n) is 8.93. The smallest absolute Gasteiger partial charge is 0.430 e. The highest BCUT2D eigenvalue weighted by atomic mass is 35.5. The van der Waals surface area contributed by atoms with Crippen LogP contribution in [-0.4, -0.2) is 48.5 Å². The molecule has 0 aromatic heterocycles. The van der Waals surface area contributed by atoms with Gasteiger partial charge in [-0.05, 0) is 55.3 Å². The summed E-state index contributed by atoms with van der Waals surface area (Å²) < 4.78 is 109. The normalized spacial score (nSPS) is 35.0. The minimum absolute atomic E-state index is 0.0790. The van der Waals surface area contributed by atoms with E-state index >= 15 is 0 Å². The van der Waals surface area contributed by atoms with Gasteiger partial charge in [0.25, 0.3) is 0 Å². The van der Waals surface area contributed by atoms with Crippen LogP contribution in [0.15, 0.2) is 0 Å². The number of halogens is 7. The molecule has 0 heterocycles. The third-order valence-corrected chi connectivity index (χ3v) is 8.75. The maximum Gasteiger partial charge on any atom is 0.430 e. The van der Waals surface area contributed by atoms with Gasteiger partial charge < -0.3 is 4.74 Å². The molecule has 0 aromatic rings. The molecule has 4 rings (SSSR count). The van der Waals surface area contributed by atoms with E-state index < -0.39 is 51.1 Å². The summed E-state index contributed by atoms with van der Waals surface area (Å²) in [6.45, 7) is -0.820. The van der Waals surface area contributed by atoms with E-state index in [-0.39, 0.29) is 11.8 Å². The average Bonchev–Trinajstić information content (AvgIpc) is 2.49. The number of rotatable bonds is 5. The first-order chi connectivity index (χ1) is 13.1. The highest BCUT2D eigenvalue weighted by Gasteiger charge is 2.85. The zero-order valence-corrected chi connectivity index (χ0v) is 16.5. The number of carbonyl (C=O) groups is 1. The predicted molar refractivity (Wildman–Crippen MR) is 87.5 cm³/mol. The van der Waals surface area contributed by atoms with Gasteiger partial charge in [0.05, 0.1) is 6.61 Å². The molecule has 0 saturated heterocycles. The molecule has 1 N–H and O–H groups in total. The van der Waals surface area contributed by atoms with Crippen molar-refractivity contribution in [3.8, 4) is 0 Å². The van der Waals surface area contributed by atoms with Gasteiger partial charge in [0, 0.05) is 11.8 Å². The Bertz CT molecular complexity index is 752. The predicted octanol–water partition coefficient (Wildman–Crippen LogP) is 3.96. The van der Waals surface area contributed by atoms with Crippen molar-refractivity contribution in [2.75, 3.05) is 12.5 Å². The molecule has 3 atom stereocenters. The van der Waals surface area contributed by atoms with Crippen molar-refractivity contribution in [2.45, 2.75) is 49.2 Å². The summed E-state index contributed by atoms with van der Waals surface area (Å²) in [5.74, 6) is -2.91. The number of hydrogen-bond donors (Lipinski definition) is 1. The van der Waals surface area contributed by atoms with Crippen LogP contribution in [0.2, 0.25) is 0 Å². The molecule has 29 heavy (non-hydrogen) atoms. The second kappa shape index (κ2) is 6.88.